The van der Waals surface area contributed by atoms with Crippen molar-refractivity contribution in [2.24, 2.45) is 0 Å². The molecule has 0 saturated heterocycles. The fourth-order valence-electron chi connectivity index (χ4n) is 4.36. The van der Waals surface area contributed by atoms with E-state index in [0.29, 0.717) is 22.8 Å². The fraction of sp³-hybridized carbons (Fsp3) is 0.292. The van der Waals surface area contributed by atoms with Crippen molar-refractivity contribution < 1.29 is 13.9 Å². The van der Waals surface area contributed by atoms with E-state index in [1.165, 1.54) is 35.2 Å². The van der Waals surface area contributed by atoms with E-state index in [9.17, 15) is 14.0 Å². The van der Waals surface area contributed by atoms with Gasteiger partial charge in [-0.05, 0) is 43.5 Å². The molecule has 36 heavy (non-hydrogen) atoms. The van der Waals surface area contributed by atoms with Gasteiger partial charge < -0.3 is 20.7 Å². The highest BCUT2D eigenvalue weighted by atomic mass is 19.1. The Labute approximate surface area is 205 Å². The van der Waals surface area contributed by atoms with Crippen molar-refractivity contribution in [3.8, 4) is 5.82 Å². The molecule has 1 amide bonds. The molecular formula is C24H25FN8O3. The van der Waals surface area contributed by atoms with E-state index in [4.69, 9.17) is 4.74 Å². The number of amides is 1. The Morgan fingerprint density at radius 2 is 2.11 bits per heavy atom. The van der Waals surface area contributed by atoms with Crippen LogP contribution in [0.1, 0.15) is 29.6 Å². The lowest BCUT2D eigenvalue weighted by Gasteiger charge is -2.13. The third kappa shape index (κ3) is 4.38. The summed E-state index contributed by atoms with van der Waals surface area (Å²) in [6.45, 7) is 0. The van der Waals surface area contributed by atoms with Gasteiger partial charge >= 0.3 is 0 Å². The number of methoxy groups -OCH3 is 1. The van der Waals surface area contributed by atoms with Crippen molar-refractivity contribution in [2.75, 3.05) is 24.8 Å². The number of rotatable bonds is 7. The molecule has 12 heteroatoms. The predicted octanol–water partition coefficient (Wildman–Crippen LogP) is 2.50. The molecule has 2 atom stereocenters. The van der Waals surface area contributed by atoms with Crippen LogP contribution in [0.5, 0.6) is 0 Å². The van der Waals surface area contributed by atoms with E-state index in [-0.39, 0.29) is 29.6 Å². The highest BCUT2D eigenvalue weighted by Gasteiger charge is 2.27. The van der Waals surface area contributed by atoms with Gasteiger partial charge in [0.25, 0.3) is 11.5 Å². The normalized spacial score (nSPS) is 17.3. The number of nitrogens with zero attached hydrogens (tertiary/aromatic N) is 5. The van der Waals surface area contributed by atoms with Crippen LogP contribution in [-0.4, -0.2) is 56.4 Å². The third-order valence-electron chi connectivity index (χ3n) is 6.20. The monoisotopic (exact) mass is 492 g/mol. The molecule has 5 rings (SSSR count). The van der Waals surface area contributed by atoms with Gasteiger partial charge in [0.2, 0.25) is 0 Å². The van der Waals surface area contributed by atoms with Gasteiger partial charge in [-0.2, -0.15) is 9.61 Å². The SMILES string of the molecule is CNc1cc(Nc2cccn(-c3ncccc3F)c2=O)nc2c(C(=O)N[C@@H]3CC[C@@H](OC)C3)cnn12. The molecule has 3 N–H and O–H groups in total. The van der Waals surface area contributed by atoms with E-state index in [2.05, 4.69) is 31.0 Å². The zero-order valence-electron chi connectivity index (χ0n) is 19.7. The summed E-state index contributed by atoms with van der Waals surface area (Å²) < 4.78 is 22.3. The molecule has 4 aromatic heterocycles. The average Bonchev–Trinajstić information content (AvgIpc) is 3.52. The van der Waals surface area contributed by atoms with Crippen LogP contribution in [0.2, 0.25) is 0 Å². The number of hydrogen-bond acceptors (Lipinski definition) is 8. The lowest BCUT2D eigenvalue weighted by molar-refractivity contribution is 0.0916. The van der Waals surface area contributed by atoms with Crippen molar-refractivity contribution in [3.63, 3.8) is 0 Å². The Bertz CT molecular complexity index is 1480. The number of nitrogens with one attached hydrogen (secondary N) is 3. The molecule has 1 fully saturated rings. The second-order valence-electron chi connectivity index (χ2n) is 8.44. The van der Waals surface area contributed by atoms with Crippen LogP contribution in [0.4, 0.5) is 21.7 Å². The Balaban J connectivity index is 1.47. The first-order valence-corrected chi connectivity index (χ1v) is 11.5. The van der Waals surface area contributed by atoms with Gasteiger partial charge in [0.05, 0.1) is 12.3 Å². The minimum absolute atomic E-state index is 0.0113. The van der Waals surface area contributed by atoms with Gasteiger partial charge in [-0.3, -0.25) is 14.2 Å². The highest BCUT2D eigenvalue weighted by molar-refractivity contribution is 6.00. The molecular weight excluding hydrogens is 467 g/mol. The largest absolute Gasteiger partial charge is 0.381 e. The number of anilines is 3. The van der Waals surface area contributed by atoms with Crippen LogP contribution >= 0.6 is 0 Å². The van der Waals surface area contributed by atoms with Crippen molar-refractivity contribution in [2.45, 2.75) is 31.4 Å². The van der Waals surface area contributed by atoms with E-state index < -0.39 is 11.4 Å². The Morgan fingerprint density at radius 3 is 2.86 bits per heavy atom. The Hall–Kier alpha value is -4.32. The number of hydrogen-bond donors (Lipinski definition) is 3. The van der Waals surface area contributed by atoms with Crippen LogP contribution in [0.15, 0.2) is 53.7 Å². The number of carbonyl (C=O) groups excluding carboxylic acids is 1. The summed E-state index contributed by atoms with van der Waals surface area (Å²) in [5, 5.41) is 13.4. The topological polar surface area (TPSA) is 127 Å². The minimum atomic E-state index is -0.622. The standard InChI is InChI=1S/C24H25FN8O3/c1-26-20-12-19(30-18-6-4-10-32(24(18)35)22-17(25)5-3-9-27-22)31-21-16(13-28-33(20)21)23(34)29-14-7-8-15(11-14)36-2/h3-6,9-10,12-15,26H,7-8,11H2,1-2H3,(H,29,34)(H,30,31)/t14-,15-/m1/s1. The van der Waals surface area contributed by atoms with Crippen molar-refractivity contribution in [3.05, 3.63) is 70.7 Å². The molecule has 1 aliphatic rings. The van der Waals surface area contributed by atoms with Gasteiger partial charge in [0.1, 0.15) is 22.9 Å². The number of aromatic nitrogens is 5. The van der Waals surface area contributed by atoms with Crippen LogP contribution < -0.4 is 21.5 Å². The molecule has 4 heterocycles. The van der Waals surface area contributed by atoms with E-state index in [1.807, 2.05) is 0 Å². The maximum atomic E-state index is 14.2. The summed E-state index contributed by atoms with van der Waals surface area (Å²) in [4.78, 5) is 34.6. The second kappa shape index (κ2) is 9.74. The van der Waals surface area contributed by atoms with Crippen LogP contribution in [0.3, 0.4) is 0 Å². The highest BCUT2D eigenvalue weighted by Crippen LogP contribution is 2.24. The van der Waals surface area contributed by atoms with Gasteiger partial charge in [0.15, 0.2) is 17.3 Å². The summed E-state index contributed by atoms with van der Waals surface area (Å²) in [6.07, 6.45) is 6.92. The smallest absolute Gasteiger partial charge is 0.280 e. The van der Waals surface area contributed by atoms with Gasteiger partial charge in [0, 0.05) is 38.7 Å². The predicted molar refractivity (Wildman–Crippen MR) is 132 cm³/mol. The van der Waals surface area contributed by atoms with E-state index in [0.717, 1.165) is 23.8 Å². The van der Waals surface area contributed by atoms with Gasteiger partial charge in [-0.15, -0.1) is 0 Å². The van der Waals surface area contributed by atoms with Crippen molar-refractivity contribution >= 4 is 28.9 Å². The Kier molecular flexibility index (Phi) is 6.34. The van der Waals surface area contributed by atoms with Crippen LogP contribution in [0.25, 0.3) is 11.5 Å². The number of pyridine rings is 2. The van der Waals surface area contributed by atoms with Crippen molar-refractivity contribution in [1.82, 2.24) is 29.5 Å². The molecule has 0 aromatic carbocycles. The van der Waals surface area contributed by atoms with Gasteiger partial charge in [-0.25, -0.2) is 14.4 Å². The lowest BCUT2D eigenvalue weighted by Crippen LogP contribution is -2.33. The van der Waals surface area contributed by atoms with Crippen LogP contribution in [0, 0.1) is 5.82 Å². The molecule has 0 unspecified atom stereocenters. The third-order valence-corrected chi connectivity index (χ3v) is 6.20. The molecule has 186 valence electrons. The number of fused-ring (bicyclic) bond motifs is 1. The summed E-state index contributed by atoms with van der Waals surface area (Å²) in [5.41, 5.74) is 0.263. The first-order chi connectivity index (χ1) is 17.5. The Morgan fingerprint density at radius 1 is 1.25 bits per heavy atom. The quantitative estimate of drug-likeness (QED) is 0.359. The molecule has 0 radical (unpaired) electrons. The number of ether oxygens (including phenoxy) is 1. The van der Waals surface area contributed by atoms with Crippen LogP contribution in [-0.2, 0) is 4.74 Å². The summed E-state index contributed by atoms with van der Waals surface area (Å²) >= 11 is 0. The van der Waals surface area contributed by atoms with Crippen molar-refractivity contribution in [1.29, 1.82) is 0 Å². The summed E-state index contributed by atoms with van der Waals surface area (Å²) in [5.74, 6) is -0.163. The molecule has 1 aliphatic carbocycles. The summed E-state index contributed by atoms with van der Waals surface area (Å²) in [6, 6.07) is 7.50. The fourth-order valence-corrected chi connectivity index (χ4v) is 4.36. The first-order valence-electron chi connectivity index (χ1n) is 11.5. The first kappa shape index (κ1) is 23.4. The number of carbonyl (C=O) groups is 1. The zero-order chi connectivity index (χ0) is 25.2. The average molecular weight is 493 g/mol. The maximum Gasteiger partial charge on any atom is 0.280 e. The molecule has 0 aliphatic heterocycles. The van der Waals surface area contributed by atoms with Gasteiger partial charge in [-0.1, -0.05) is 0 Å². The zero-order valence-corrected chi connectivity index (χ0v) is 19.7. The molecule has 1 saturated carbocycles. The molecule has 4 aromatic rings. The molecule has 0 bridgehead atoms. The van der Waals surface area contributed by atoms with E-state index in [1.54, 1.807) is 32.4 Å². The number of halogens is 1. The summed E-state index contributed by atoms with van der Waals surface area (Å²) in [7, 11) is 3.38. The maximum absolute atomic E-state index is 14.2. The van der Waals surface area contributed by atoms with E-state index >= 15 is 0 Å². The molecule has 11 nitrogen and oxygen atoms in total. The second-order valence-corrected chi connectivity index (χ2v) is 8.44. The lowest BCUT2D eigenvalue weighted by atomic mass is 10.2. The molecule has 0 spiro atoms. The minimum Gasteiger partial charge on any atom is -0.381 e.